The van der Waals surface area contributed by atoms with Crippen molar-refractivity contribution in [2.24, 2.45) is 5.41 Å². The van der Waals surface area contributed by atoms with Crippen molar-refractivity contribution in [1.82, 2.24) is 5.32 Å². The van der Waals surface area contributed by atoms with Crippen LogP contribution >= 0.6 is 0 Å². The van der Waals surface area contributed by atoms with E-state index in [1.807, 2.05) is 0 Å². The standard InChI is InChI=1S/C16H31NO/c1-4-13(3)18-15-12-14(17-5-2)16(15)10-8-6-7-9-11-16/h13-15,17H,4-12H2,1-3H3. The minimum atomic E-state index is 0.428. The van der Waals surface area contributed by atoms with Gasteiger partial charge >= 0.3 is 0 Å². The van der Waals surface area contributed by atoms with Crippen molar-refractivity contribution in [3.05, 3.63) is 0 Å². The van der Waals surface area contributed by atoms with Gasteiger partial charge in [0.1, 0.15) is 0 Å². The molecule has 2 heteroatoms. The molecule has 2 fully saturated rings. The Morgan fingerprint density at radius 2 is 1.83 bits per heavy atom. The molecule has 0 aliphatic heterocycles. The van der Waals surface area contributed by atoms with E-state index in [1.165, 1.54) is 44.9 Å². The lowest BCUT2D eigenvalue weighted by molar-refractivity contribution is -0.165. The molecule has 1 N–H and O–H groups in total. The minimum absolute atomic E-state index is 0.428. The first kappa shape index (κ1) is 14.3. The van der Waals surface area contributed by atoms with Crippen molar-refractivity contribution >= 4 is 0 Å². The quantitative estimate of drug-likeness (QED) is 0.802. The zero-order valence-corrected chi connectivity index (χ0v) is 12.5. The van der Waals surface area contributed by atoms with E-state index in [0.29, 0.717) is 17.6 Å². The molecule has 2 nitrogen and oxygen atoms in total. The number of hydrogen-bond donors (Lipinski definition) is 1. The smallest absolute Gasteiger partial charge is 0.0664 e. The van der Waals surface area contributed by atoms with Gasteiger partial charge in [-0.2, -0.15) is 0 Å². The largest absolute Gasteiger partial charge is 0.375 e. The molecular formula is C16H31NO. The van der Waals surface area contributed by atoms with Gasteiger partial charge < -0.3 is 10.1 Å². The second kappa shape index (κ2) is 6.38. The van der Waals surface area contributed by atoms with Crippen LogP contribution in [0.2, 0.25) is 0 Å². The van der Waals surface area contributed by atoms with Crippen LogP contribution in [0.3, 0.4) is 0 Å². The van der Waals surface area contributed by atoms with Gasteiger partial charge in [-0.3, -0.25) is 0 Å². The molecule has 2 saturated carbocycles. The Kier molecular flexibility index (Phi) is 5.08. The van der Waals surface area contributed by atoms with Gasteiger partial charge in [0.15, 0.2) is 0 Å². The van der Waals surface area contributed by atoms with Crippen LogP contribution in [0, 0.1) is 5.41 Å². The van der Waals surface area contributed by atoms with E-state index < -0.39 is 0 Å². The van der Waals surface area contributed by atoms with Crippen LogP contribution in [0.25, 0.3) is 0 Å². The van der Waals surface area contributed by atoms with Crippen molar-refractivity contribution in [2.45, 2.75) is 90.4 Å². The van der Waals surface area contributed by atoms with Crippen molar-refractivity contribution < 1.29 is 4.74 Å². The molecular weight excluding hydrogens is 222 g/mol. The van der Waals surface area contributed by atoms with E-state index in [0.717, 1.165) is 19.0 Å². The van der Waals surface area contributed by atoms with Crippen molar-refractivity contribution in [3.8, 4) is 0 Å². The highest BCUT2D eigenvalue weighted by Gasteiger charge is 2.54. The summed E-state index contributed by atoms with van der Waals surface area (Å²) in [5, 5.41) is 3.71. The first-order valence-electron chi connectivity index (χ1n) is 8.11. The fraction of sp³-hybridized carbons (Fsp3) is 1.00. The maximum atomic E-state index is 6.32. The maximum Gasteiger partial charge on any atom is 0.0664 e. The van der Waals surface area contributed by atoms with Gasteiger partial charge in [0.2, 0.25) is 0 Å². The molecule has 2 aliphatic carbocycles. The Morgan fingerprint density at radius 1 is 1.17 bits per heavy atom. The summed E-state index contributed by atoms with van der Waals surface area (Å²) >= 11 is 0. The van der Waals surface area contributed by atoms with Crippen molar-refractivity contribution in [3.63, 3.8) is 0 Å². The van der Waals surface area contributed by atoms with E-state index in [1.54, 1.807) is 0 Å². The molecule has 0 bridgehead atoms. The first-order valence-corrected chi connectivity index (χ1v) is 8.11. The van der Waals surface area contributed by atoms with Crippen LogP contribution in [0.15, 0.2) is 0 Å². The fourth-order valence-electron chi connectivity index (χ4n) is 3.91. The van der Waals surface area contributed by atoms with Crippen LogP contribution in [-0.4, -0.2) is 24.8 Å². The molecule has 0 amide bonds. The molecule has 3 atom stereocenters. The third kappa shape index (κ3) is 2.75. The number of hydrogen-bond acceptors (Lipinski definition) is 2. The summed E-state index contributed by atoms with van der Waals surface area (Å²) in [5.41, 5.74) is 0.468. The van der Waals surface area contributed by atoms with Crippen LogP contribution < -0.4 is 5.32 Å². The number of nitrogens with one attached hydrogen (secondary N) is 1. The van der Waals surface area contributed by atoms with E-state index in [2.05, 4.69) is 26.1 Å². The predicted molar refractivity (Wildman–Crippen MR) is 76.8 cm³/mol. The first-order chi connectivity index (χ1) is 8.73. The van der Waals surface area contributed by atoms with Gasteiger partial charge in [-0.05, 0) is 39.2 Å². The molecule has 3 unspecified atom stereocenters. The van der Waals surface area contributed by atoms with Crippen LogP contribution in [0.5, 0.6) is 0 Å². The van der Waals surface area contributed by atoms with Crippen LogP contribution in [0.4, 0.5) is 0 Å². The Balaban J connectivity index is 2.02. The predicted octanol–water partition coefficient (Wildman–Crippen LogP) is 3.89. The lowest BCUT2D eigenvalue weighted by atomic mass is 9.57. The summed E-state index contributed by atoms with van der Waals surface area (Å²) in [6, 6.07) is 0.717. The molecule has 0 aromatic carbocycles. The highest BCUT2D eigenvalue weighted by Crippen LogP contribution is 2.52. The van der Waals surface area contributed by atoms with Gasteiger partial charge in [-0.15, -0.1) is 0 Å². The van der Waals surface area contributed by atoms with Crippen molar-refractivity contribution in [1.29, 1.82) is 0 Å². The SMILES string of the molecule is CCNC1CC(OC(C)CC)C12CCCCCC2. The summed E-state index contributed by atoms with van der Waals surface area (Å²) in [6.07, 6.45) is 11.7. The van der Waals surface area contributed by atoms with E-state index in [-0.39, 0.29) is 0 Å². The Hall–Kier alpha value is -0.0800. The van der Waals surface area contributed by atoms with Gasteiger partial charge in [0.25, 0.3) is 0 Å². The lowest BCUT2D eigenvalue weighted by Crippen LogP contribution is -2.64. The second-order valence-electron chi connectivity index (χ2n) is 6.34. The normalized spacial score (nSPS) is 32.8. The molecule has 2 aliphatic rings. The third-order valence-corrected chi connectivity index (χ3v) is 5.24. The fourth-order valence-corrected chi connectivity index (χ4v) is 3.91. The Morgan fingerprint density at radius 3 is 2.39 bits per heavy atom. The zero-order chi connectivity index (χ0) is 13.0. The summed E-state index contributed by atoms with van der Waals surface area (Å²) in [4.78, 5) is 0. The molecule has 0 aromatic rings. The Bertz CT molecular complexity index is 245. The summed E-state index contributed by atoms with van der Waals surface area (Å²) in [5.74, 6) is 0. The van der Waals surface area contributed by atoms with Gasteiger partial charge in [0.05, 0.1) is 12.2 Å². The average molecular weight is 253 g/mol. The molecule has 0 radical (unpaired) electrons. The van der Waals surface area contributed by atoms with Gasteiger partial charge in [0, 0.05) is 11.5 Å². The van der Waals surface area contributed by atoms with E-state index >= 15 is 0 Å². The molecule has 106 valence electrons. The maximum absolute atomic E-state index is 6.32. The van der Waals surface area contributed by atoms with Crippen LogP contribution in [0.1, 0.15) is 72.1 Å². The molecule has 0 saturated heterocycles. The second-order valence-corrected chi connectivity index (χ2v) is 6.34. The average Bonchev–Trinajstić information content (AvgIpc) is 2.65. The summed E-state index contributed by atoms with van der Waals surface area (Å²) in [7, 11) is 0. The molecule has 1 spiro atoms. The van der Waals surface area contributed by atoms with Gasteiger partial charge in [-0.25, -0.2) is 0 Å². The van der Waals surface area contributed by atoms with Gasteiger partial charge in [-0.1, -0.05) is 39.5 Å². The summed E-state index contributed by atoms with van der Waals surface area (Å²) in [6.45, 7) is 7.78. The molecule has 2 rings (SSSR count). The Labute approximate surface area is 113 Å². The monoisotopic (exact) mass is 253 g/mol. The number of ether oxygens (including phenoxy) is 1. The van der Waals surface area contributed by atoms with E-state index in [4.69, 9.17) is 4.74 Å². The zero-order valence-electron chi connectivity index (χ0n) is 12.5. The topological polar surface area (TPSA) is 21.3 Å². The molecule has 0 heterocycles. The highest BCUT2D eigenvalue weighted by molar-refractivity contribution is 5.08. The van der Waals surface area contributed by atoms with Crippen LogP contribution in [-0.2, 0) is 4.74 Å². The van der Waals surface area contributed by atoms with Crippen molar-refractivity contribution in [2.75, 3.05) is 6.54 Å². The molecule has 18 heavy (non-hydrogen) atoms. The molecule has 0 aromatic heterocycles. The minimum Gasteiger partial charge on any atom is -0.375 e. The highest BCUT2D eigenvalue weighted by atomic mass is 16.5. The van der Waals surface area contributed by atoms with E-state index in [9.17, 15) is 0 Å². The summed E-state index contributed by atoms with van der Waals surface area (Å²) < 4.78 is 6.32. The third-order valence-electron chi connectivity index (χ3n) is 5.24. The number of rotatable bonds is 5. The lowest BCUT2D eigenvalue weighted by Gasteiger charge is -2.57.